The van der Waals surface area contributed by atoms with Crippen molar-refractivity contribution >= 4 is 21.5 Å². The first kappa shape index (κ1) is 10.4. The van der Waals surface area contributed by atoms with Gasteiger partial charge in [-0.3, -0.25) is 0 Å². The topological polar surface area (TPSA) is 20.2 Å². The van der Waals surface area contributed by atoms with E-state index in [1.165, 1.54) is 0 Å². The van der Waals surface area contributed by atoms with Crippen LogP contribution in [0.3, 0.4) is 0 Å². The van der Waals surface area contributed by atoms with Crippen molar-refractivity contribution in [1.29, 1.82) is 0 Å². The monoisotopic (exact) mass is 244 g/mol. The number of hydrogen-bond acceptors (Lipinski definition) is 1. The fraction of sp³-hybridized carbons (Fsp3) is 0.200. The van der Waals surface area contributed by atoms with Crippen molar-refractivity contribution in [2.45, 2.75) is 6.17 Å². The normalized spacial score (nSPS) is 12.5. The minimum Gasteiger partial charge on any atom is -0.393 e. The molecule has 1 nitrogen and oxygen atoms in total. The largest absolute Gasteiger partial charge is 0.393 e. The third-order valence-corrected chi connectivity index (χ3v) is 2.28. The predicted octanol–water partition coefficient (Wildman–Crippen LogP) is 2.79. The molecule has 0 aromatic heterocycles. The van der Waals surface area contributed by atoms with Crippen molar-refractivity contribution in [2.24, 2.45) is 0 Å². The van der Waals surface area contributed by atoms with Crippen LogP contribution >= 0.6 is 15.9 Å². The summed E-state index contributed by atoms with van der Waals surface area (Å²) < 4.78 is 13.9. The molecule has 0 aliphatic carbocycles. The lowest BCUT2D eigenvalue weighted by molar-refractivity contribution is 0.215. The molecule has 0 saturated carbocycles. The molecule has 0 heterocycles. The van der Waals surface area contributed by atoms with E-state index in [4.69, 9.17) is 5.11 Å². The highest BCUT2D eigenvalue weighted by Gasteiger charge is 2.10. The lowest BCUT2D eigenvalue weighted by atomic mass is 10.0. The molecule has 0 bridgehead atoms. The summed E-state index contributed by atoms with van der Waals surface area (Å²) in [5.74, 6) is 0. The number of aliphatic hydroxyl groups is 1. The van der Waals surface area contributed by atoms with Crippen LogP contribution in [0, 0.1) is 0 Å². The van der Waals surface area contributed by atoms with E-state index in [9.17, 15) is 4.39 Å². The minimum absolute atomic E-state index is 0.315. The number of rotatable bonds is 3. The number of halogens is 2. The van der Waals surface area contributed by atoms with E-state index in [0.29, 0.717) is 11.1 Å². The molecule has 0 fully saturated rings. The molecule has 1 aromatic carbocycles. The van der Waals surface area contributed by atoms with Crippen molar-refractivity contribution < 1.29 is 9.50 Å². The Hall–Kier alpha value is -0.670. The summed E-state index contributed by atoms with van der Waals surface area (Å²) >= 11 is 3.28. The van der Waals surface area contributed by atoms with E-state index in [2.05, 4.69) is 22.5 Å². The zero-order valence-electron chi connectivity index (χ0n) is 7.00. The van der Waals surface area contributed by atoms with Gasteiger partial charge in [0.2, 0.25) is 0 Å². The van der Waals surface area contributed by atoms with Crippen LogP contribution in [0.5, 0.6) is 0 Å². The highest BCUT2D eigenvalue weighted by atomic mass is 79.9. The summed E-state index contributed by atoms with van der Waals surface area (Å²) in [5.41, 5.74) is 1.03. The van der Waals surface area contributed by atoms with Crippen molar-refractivity contribution in [3.63, 3.8) is 0 Å². The Bertz CT molecular complexity index is 294. The average molecular weight is 245 g/mol. The van der Waals surface area contributed by atoms with Gasteiger partial charge in [-0.1, -0.05) is 34.6 Å². The van der Waals surface area contributed by atoms with Gasteiger partial charge in [0.1, 0.15) is 6.17 Å². The molecule has 0 saturated heterocycles. The van der Waals surface area contributed by atoms with Gasteiger partial charge in [0, 0.05) is 4.47 Å². The van der Waals surface area contributed by atoms with Crippen LogP contribution in [0.15, 0.2) is 35.3 Å². The van der Waals surface area contributed by atoms with Gasteiger partial charge in [0.15, 0.2) is 0 Å². The molecule has 1 aromatic rings. The average Bonchev–Trinajstić information content (AvgIpc) is 2.17. The SMILES string of the molecule is C=C(c1ccc(Br)cc1)[C@H](F)CO. The first-order valence-electron chi connectivity index (χ1n) is 3.85. The van der Waals surface area contributed by atoms with E-state index in [1.54, 1.807) is 12.1 Å². The molecular formula is C10H10BrFO. The van der Waals surface area contributed by atoms with Crippen molar-refractivity contribution in [3.05, 3.63) is 40.9 Å². The number of aliphatic hydroxyl groups excluding tert-OH is 1. The maximum atomic E-state index is 13.0. The van der Waals surface area contributed by atoms with Crippen LogP contribution in [-0.4, -0.2) is 17.9 Å². The van der Waals surface area contributed by atoms with Crippen LogP contribution in [0.4, 0.5) is 4.39 Å². The molecule has 3 heteroatoms. The van der Waals surface area contributed by atoms with Gasteiger partial charge < -0.3 is 5.11 Å². The van der Waals surface area contributed by atoms with E-state index < -0.39 is 12.8 Å². The Morgan fingerprint density at radius 3 is 2.46 bits per heavy atom. The summed E-state index contributed by atoms with van der Waals surface area (Å²) in [5, 5.41) is 8.58. The molecule has 0 unspecified atom stereocenters. The van der Waals surface area contributed by atoms with Crippen LogP contribution in [-0.2, 0) is 0 Å². The van der Waals surface area contributed by atoms with E-state index >= 15 is 0 Å². The number of hydrogen-bond donors (Lipinski definition) is 1. The molecule has 0 aliphatic rings. The summed E-state index contributed by atoms with van der Waals surface area (Å²) in [6.07, 6.45) is -1.37. The summed E-state index contributed by atoms with van der Waals surface area (Å²) in [7, 11) is 0. The lowest BCUT2D eigenvalue weighted by Gasteiger charge is -2.08. The molecule has 1 rings (SSSR count). The third-order valence-electron chi connectivity index (χ3n) is 1.75. The zero-order valence-corrected chi connectivity index (χ0v) is 8.59. The quantitative estimate of drug-likeness (QED) is 0.868. The second kappa shape index (κ2) is 4.53. The summed E-state index contributed by atoms with van der Waals surface area (Å²) in [6, 6.07) is 7.14. The molecule has 0 radical (unpaired) electrons. The smallest absolute Gasteiger partial charge is 0.148 e. The maximum absolute atomic E-state index is 13.0. The molecule has 13 heavy (non-hydrogen) atoms. The Balaban J connectivity index is 2.83. The molecule has 1 atom stereocenters. The van der Waals surface area contributed by atoms with Gasteiger partial charge in [-0.05, 0) is 23.3 Å². The first-order chi connectivity index (χ1) is 6.15. The second-order valence-corrected chi connectivity index (χ2v) is 3.60. The summed E-state index contributed by atoms with van der Waals surface area (Å²) in [4.78, 5) is 0. The Morgan fingerprint density at radius 1 is 1.46 bits per heavy atom. The molecule has 1 N–H and O–H groups in total. The predicted molar refractivity (Wildman–Crippen MR) is 55.2 cm³/mol. The number of alkyl halides is 1. The molecule has 0 aliphatic heterocycles. The Labute approximate surface area is 85.0 Å². The van der Waals surface area contributed by atoms with Crippen molar-refractivity contribution in [1.82, 2.24) is 0 Å². The molecule has 0 spiro atoms. The van der Waals surface area contributed by atoms with Crippen LogP contribution < -0.4 is 0 Å². The molecular weight excluding hydrogens is 235 g/mol. The molecule has 70 valence electrons. The fourth-order valence-corrected chi connectivity index (χ4v) is 1.22. The standard InChI is InChI=1S/C10H10BrFO/c1-7(10(12)6-13)8-2-4-9(11)5-3-8/h2-5,10,13H,1,6H2/t10-/m1/s1. The lowest BCUT2D eigenvalue weighted by Crippen LogP contribution is -2.07. The number of benzene rings is 1. The van der Waals surface area contributed by atoms with Crippen LogP contribution in [0.1, 0.15) is 5.56 Å². The zero-order chi connectivity index (χ0) is 9.84. The van der Waals surface area contributed by atoms with Crippen molar-refractivity contribution in [2.75, 3.05) is 6.61 Å². The second-order valence-electron chi connectivity index (χ2n) is 2.68. The Kier molecular flexibility index (Phi) is 3.63. The highest BCUT2D eigenvalue weighted by Crippen LogP contribution is 2.20. The van der Waals surface area contributed by atoms with Crippen molar-refractivity contribution in [3.8, 4) is 0 Å². The van der Waals surface area contributed by atoms with Crippen LogP contribution in [0.2, 0.25) is 0 Å². The minimum atomic E-state index is -1.37. The van der Waals surface area contributed by atoms with Gasteiger partial charge in [0.05, 0.1) is 6.61 Å². The highest BCUT2D eigenvalue weighted by molar-refractivity contribution is 9.10. The van der Waals surface area contributed by atoms with Gasteiger partial charge in [-0.25, -0.2) is 4.39 Å². The maximum Gasteiger partial charge on any atom is 0.148 e. The van der Waals surface area contributed by atoms with Crippen LogP contribution in [0.25, 0.3) is 5.57 Å². The fourth-order valence-electron chi connectivity index (χ4n) is 0.955. The van der Waals surface area contributed by atoms with Gasteiger partial charge in [-0.2, -0.15) is 0 Å². The summed E-state index contributed by atoms with van der Waals surface area (Å²) in [6.45, 7) is 3.06. The van der Waals surface area contributed by atoms with Gasteiger partial charge >= 0.3 is 0 Å². The molecule has 0 amide bonds. The van der Waals surface area contributed by atoms with Gasteiger partial charge in [0.25, 0.3) is 0 Å². The van der Waals surface area contributed by atoms with E-state index in [-0.39, 0.29) is 0 Å². The third kappa shape index (κ3) is 2.64. The van der Waals surface area contributed by atoms with Gasteiger partial charge in [-0.15, -0.1) is 0 Å². The first-order valence-corrected chi connectivity index (χ1v) is 4.64. The van der Waals surface area contributed by atoms with E-state index in [1.807, 2.05) is 12.1 Å². The Morgan fingerprint density at radius 2 is 2.00 bits per heavy atom. The van der Waals surface area contributed by atoms with E-state index in [0.717, 1.165) is 4.47 Å².